The van der Waals surface area contributed by atoms with E-state index in [1.807, 2.05) is 11.8 Å². The predicted molar refractivity (Wildman–Crippen MR) is 88.4 cm³/mol. The lowest BCUT2D eigenvalue weighted by molar-refractivity contribution is 0.553. The van der Waals surface area contributed by atoms with Gasteiger partial charge in [-0.25, -0.2) is 13.1 Å². The van der Waals surface area contributed by atoms with E-state index in [2.05, 4.69) is 27.6 Å². The van der Waals surface area contributed by atoms with Gasteiger partial charge in [-0.1, -0.05) is 22.9 Å². The van der Waals surface area contributed by atoms with Crippen LogP contribution >= 0.6 is 27.7 Å². The fourth-order valence-corrected chi connectivity index (χ4v) is 5.40. The highest BCUT2D eigenvalue weighted by Gasteiger charge is 2.29. The fraction of sp³-hybridized carbons (Fsp3) is 0.538. The largest absolute Gasteiger partial charge is 0.398 e. The number of nitrogens with one attached hydrogen (secondary N) is 1. The second-order valence-corrected chi connectivity index (χ2v) is 9.07. The van der Waals surface area contributed by atoms with Crippen molar-refractivity contribution in [1.29, 1.82) is 0 Å². The first-order valence-electron chi connectivity index (χ1n) is 6.61. The predicted octanol–water partition coefficient (Wildman–Crippen LogP) is 2.98. The Morgan fingerprint density at radius 3 is 2.85 bits per heavy atom. The van der Waals surface area contributed by atoms with Crippen LogP contribution in [-0.2, 0) is 10.0 Å². The SMILES string of the molecule is CCSC1CCC(NS(=O)(=O)c2ccc(Br)cc2N)C1. The Kier molecular flexibility index (Phi) is 5.39. The van der Waals surface area contributed by atoms with E-state index in [0.29, 0.717) is 5.25 Å². The van der Waals surface area contributed by atoms with Crippen LogP contribution in [0.1, 0.15) is 26.2 Å². The third kappa shape index (κ3) is 3.90. The maximum absolute atomic E-state index is 12.4. The van der Waals surface area contributed by atoms with Crippen molar-refractivity contribution in [1.82, 2.24) is 4.72 Å². The Morgan fingerprint density at radius 1 is 1.45 bits per heavy atom. The minimum atomic E-state index is -3.53. The van der Waals surface area contributed by atoms with Gasteiger partial charge in [-0.2, -0.15) is 11.8 Å². The molecule has 0 aliphatic heterocycles. The van der Waals surface area contributed by atoms with E-state index in [1.54, 1.807) is 12.1 Å². The standard InChI is InChI=1S/C13H19BrN2O2S2/c1-2-19-11-5-4-10(8-11)16-20(17,18)13-6-3-9(14)7-12(13)15/h3,6-7,10-11,16H,2,4-5,8,15H2,1H3. The third-order valence-electron chi connectivity index (χ3n) is 3.37. The molecule has 2 rings (SSSR count). The van der Waals surface area contributed by atoms with Crippen LogP contribution in [0.25, 0.3) is 0 Å². The summed E-state index contributed by atoms with van der Waals surface area (Å²) in [5.41, 5.74) is 6.07. The molecule has 0 bridgehead atoms. The first-order chi connectivity index (χ1) is 9.42. The van der Waals surface area contributed by atoms with Crippen LogP contribution in [0.5, 0.6) is 0 Å². The van der Waals surface area contributed by atoms with Crippen molar-refractivity contribution in [2.75, 3.05) is 11.5 Å². The first-order valence-corrected chi connectivity index (χ1v) is 9.94. The topological polar surface area (TPSA) is 72.2 Å². The molecule has 4 nitrogen and oxygen atoms in total. The van der Waals surface area contributed by atoms with Gasteiger partial charge < -0.3 is 5.73 Å². The highest BCUT2D eigenvalue weighted by Crippen LogP contribution is 2.31. The Hall–Kier alpha value is -0.240. The Morgan fingerprint density at radius 2 is 2.20 bits per heavy atom. The number of halogens is 1. The number of hydrogen-bond acceptors (Lipinski definition) is 4. The van der Waals surface area contributed by atoms with E-state index >= 15 is 0 Å². The lowest BCUT2D eigenvalue weighted by atomic mass is 10.3. The Labute approximate surface area is 133 Å². The molecule has 2 atom stereocenters. The van der Waals surface area contributed by atoms with Gasteiger partial charge in [0.25, 0.3) is 0 Å². The van der Waals surface area contributed by atoms with Crippen LogP contribution in [0.15, 0.2) is 27.6 Å². The molecular weight excluding hydrogens is 360 g/mol. The molecule has 1 aromatic rings. The quantitative estimate of drug-likeness (QED) is 0.772. The van der Waals surface area contributed by atoms with Gasteiger partial charge >= 0.3 is 0 Å². The van der Waals surface area contributed by atoms with Crippen molar-refractivity contribution in [2.45, 2.75) is 42.4 Å². The van der Waals surface area contributed by atoms with Gasteiger partial charge in [-0.05, 0) is 43.2 Å². The minimum absolute atomic E-state index is 0.0205. The van der Waals surface area contributed by atoms with E-state index in [9.17, 15) is 8.42 Å². The monoisotopic (exact) mass is 378 g/mol. The summed E-state index contributed by atoms with van der Waals surface area (Å²) in [5.74, 6) is 1.07. The molecule has 1 aromatic carbocycles. The summed E-state index contributed by atoms with van der Waals surface area (Å²) < 4.78 is 28.3. The van der Waals surface area contributed by atoms with Crippen molar-refractivity contribution in [3.63, 3.8) is 0 Å². The summed E-state index contributed by atoms with van der Waals surface area (Å²) in [7, 11) is -3.53. The maximum Gasteiger partial charge on any atom is 0.242 e. The number of sulfonamides is 1. The second kappa shape index (κ2) is 6.68. The molecule has 1 fully saturated rings. The van der Waals surface area contributed by atoms with Gasteiger partial charge in [-0.3, -0.25) is 0 Å². The van der Waals surface area contributed by atoms with Crippen LogP contribution in [0, 0.1) is 0 Å². The minimum Gasteiger partial charge on any atom is -0.398 e. The average Bonchev–Trinajstić information content (AvgIpc) is 2.75. The molecule has 0 radical (unpaired) electrons. The van der Waals surface area contributed by atoms with E-state index in [0.717, 1.165) is 29.5 Å². The fourth-order valence-electron chi connectivity index (χ4n) is 2.48. The number of rotatable bonds is 5. The third-order valence-corrected chi connectivity index (χ3v) is 6.69. The zero-order valence-corrected chi connectivity index (χ0v) is 14.5. The molecule has 2 unspecified atom stereocenters. The zero-order valence-electron chi connectivity index (χ0n) is 11.3. The molecule has 1 saturated carbocycles. The molecule has 7 heteroatoms. The molecule has 3 N–H and O–H groups in total. The van der Waals surface area contributed by atoms with Gasteiger partial charge in [0.2, 0.25) is 10.0 Å². The van der Waals surface area contributed by atoms with E-state index in [4.69, 9.17) is 5.73 Å². The lowest BCUT2D eigenvalue weighted by Gasteiger charge is -2.15. The van der Waals surface area contributed by atoms with Crippen LogP contribution in [0.2, 0.25) is 0 Å². The highest BCUT2D eigenvalue weighted by molar-refractivity contribution is 9.10. The summed E-state index contributed by atoms with van der Waals surface area (Å²) in [5, 5.41) is 0.565. The summed E-state index contributed by atoms with van der Waals surface area (Å²) in [4.78, 5) is 0.160. The number of hydrogen-bond donors (Lipinski definition) is 2. The van der Waals surface area contributed by atoms with E-state index in [-0.39, 0.29) is 16.6 Å². The van der Waals surface area contributed by atoms with E-state index in [1.165, 1.54) is 6.07 Å². The normalized spacial score (nSPS) is 23.1. The maximum atomic E-state index is 12.4. The van der Waals surface area contributed by atoms with Crippen molar-refractivity contribution < 1.29 is 8.42 Å². The van der Waals surface area contributed by atoms with Crippen molar-refractivity contribution in [3.05, 3.63) is 22.7 Å². The van der Waals surface area contributed by atoms with Crippen LogP contribution in [-0.4, -0.2) is 25.5 Å². The summed E-state index contributed by atoms with van der Waals surface area (Å²) in [6.45, 7) is 2.13. The molecule has 0 heterocycles. The van der Waals surface area contributed by atoms with Crippen LogP contribution < -0.4 is 10.5 Å². The van der Waals surface area contributed by atoms with Gasteiger partial charge in [-0.15, -0.1) is 0 Å². The first kappa shape index (κ1) is 16.1. The number of nitrogen functional groups attached to an aromatic ring is 1. The molecule has 112 valence electrons. The van der Waals surface area contributed by atoms with Gasteiger partial charge in [0.15, 0.2) is 0 Å². The molecule has 0 saturated heterocycles. The number of nitrogens with two attached hydrogens (primary N) is 1. The summed E-state index contributed by atoms with van der Waals surface area (Å²) in [6, 6.07) is 4.86. The lowest BCUT2D eigenvalue weighted by Crippen LogP contribution is -2.33. The number of thioether (sulfide) groups is 1. The van der Waals surface area contributed by atoms with Crippen LogP contribution in [0.4, 0.5) is 5.69 Å². The van der Waals surface area contributed by atoms with Crippen molar-refractivity contribution in [2.24, 2.45) is 0 Å². The number of anilines is 1. The van der Waals surface area contributed by atoms with Crippen molar-refractivity contribution in [3.8, 4) is 0 Å². The molecule has 0 aromatic heterocycles. The molecule has 1 aliphatic carbocycles. The molecule has 0 amide bonds. The van der Waals surface area contributed by atoms with Gasteiger partial charge in [0.1, 0.15) is 4.90 Å². The molecule has 1 aliphatic rings. The molecule has 0 spiro atoms. The molecule has 20 heavy (non-hydrogen) atoms. The summed E-state index contributed by atoms with van der Waals surface area (Å²) >= 11 is 5.18. The van der Waals surface area contributed by atoms with Gasteiger partial charge in [0, 0.05) is 15.8 Å². The Bertz CT molecular complexity index is 578. The van der Waals surface area contributed by atoms with Gasteiger partial charge in [0.05, 0.1) is 5.69 Å². The van der Waals surface area contributed by atoms with Crippen LogP contribution in [0.3, 0.4) is 0 Å². The average molecular weight is 379 g/mol. The summed E-state index contributed by atoms with van der Waals surface area (Å²) in [6.07, 6.45) is 2.86. The smallest absolute Gasteiger partial charge is 0.242 e. The number of benzene rings is 1. The molecular formula is C13H19BrN2O2S2. The zero-order chi connectivity index (χ0) is 14.8. The van der Waals surface area contributed by atoms with E-state index < -0.39 is 10.0 Å². The second-order valence-electron chi connectivity index (χ2n) is 4.89. The van der Waals surface area contributed by atoms with Crippen molar-refractivity contribution >= 4 is 43.4 Å². The highest BCUT2D eigenvalue weighted by atomic mass is 79.9. The Balaban J connectivity index is 2.08.